The highest BCUT2D eigenvalue weighted by Gasteiger charge is 2.11. The second-order valence-corrected chi connectivity index (χ2v) is 4.42. The molecule has 0 heterocycles. The van der Waals surface area contributed by atoms with Crippen LogP contribution < -0.4 is 14.2 Å². The summed E-state index contributed by atoms with van der Waals surface area (Å²) in [5.74, 6) is 1.27. The lowest BCUT2D eigenvalue weighted by Gasteiger charge is -2.10. The minimum atomic E-state index is -0.176. The highest BCUT2D eigenvalue weighted by molar-refractivity contribution is 5.97. The Morgan fingerprint density at radius 2 is 1.91 bits per heavy atom. The van der Waals surface area contributed by atoms with Crippen LogP contribution in [0.1, 0.15) is 15.9 Å². The molecule has 112 valence electrons. The van der Waals surface area contributed by atoms with Gasteiger partial charge in [-0.25, -0.2) is 0 Å². The lowest BCUT2D eigenvalue weighted by Crippen LogP contribution is -2.12. The molecule has 22 heavy (non-hydrogen) atoms. The molecule has 5 nitrogen and oxygen atoms in total. The summed E-state index contributed by atoms with van der Waals surface area (Å²) in [5.41, 5.74) is 0.968. The fourth-order valence-corrected chi connectivity index (χ4v) is 1.88. The Hall–Kier alpha value is -3.00. The molecule has 0 saturated carbocycles. The highest BCUT2D eigenvalue weighted by Crippen LogP contribution is 2.28. The third-order valence-corrected chi connectivity index (χ3v) is 3.04. The topological polar surface area (TPSA) is 68.5 Å². The van der Waals surface area contributed by atoms with Crippen molar-refractivity contribution in [3.05, 3.63) is 53.6 Å². The molecule has 0 spiro atoms. The minimum Gasteiger partial charge on any atom is -0.497 e. The standard InChI is InChI=1S/C17H15NO4/c1-20-14-5-3-4-13(9-14)15(19)11-22-16-7-6-12(10-18)8-17(16)21-2/h3-9H,11H2,1-2H3. The molecule has 0 radical (unpaired) electrons. The van der Waals surface area contributed by atoms with Crippen LogP contribution in [0.4, 0.5) is 0 Å². The van der Waals surface area contributed by atoms with Gasteiger partial charge in [0.2, 0.25) is 0 Å². The average molecular weight is 297 g/mol. The van der Waals surface area contributed by atoms with Gasteiger partial charge in [0.1, 0.15) is 5.75 Å². The second-order valence-electron chi connectivity index (χ2n) is 4.42. The molecular formula is C17H15NO4. The van der Waals surface area contributed by atoms with E-state index < -0.39 is 0 Å². The number of carbonyl (C=O) groups excluding carboxylic acids is 1. The van der Waals surface area contributed by atoms with Crippen LogP contribution in [0.15, 0.2) is 42.5 Å². The largest absolute Gasteiger partial charge is 0.497 e. The molecule has 2 aromatic rings. The molecule has 0 amide bonds. The van der Waals surface area contributed by atoms with Crippen molar-refractivity contribution in [1.29, 1.82) is 5.26 Å². The highest BCUT2D eigenvalue weighted by atomic mass is 16.5. The van der Waals surface area contributed by atoms with Gasteiger partial charge in [0.25, 0.3) is 0 Å². The maximum absolute atomic E-state index is 12.1. The first-order valence-corrected chi connectivity index (χ1v) is 6.56. The first-order valence-electron chi connectivity index (χ1n) is 6.56. The molecule has 2 aromatic carbocycles. The first kappa shape index (κ1) is 15.4. The Morgan fingerprint density at radius 1 is 1.09 bits per heavy atom. The fourth-order valence-electron chi connectivity index (χ4n) is 1.88. The van der Waals surface area contributed by atoms with Crippen LogP contribution in [0.5, 0.6) is 17.2 Å². The lowest BCUT2D eigenvalue weighted by molar-refractivity contribution is 0.0919. The van der Waals surface area contributed by atoms with Crippen molar-refractivity contribution in [1.82, 2.24) is 0 Å². The van der Waals surface area contributed by atoms with Crippen molar-refractivity contribution in [2.24, 2.45) is 0 Å². The number of carbonyl (C=O) groups is 1. The Kier molecular flexibility index (Phi) is 4.99. The second kappa shape index (κ2) is 7.14. The molecular weight excluding hydrogens is 282 g/mol. The van der Waals surface area contributed by atoms with E-state index in [-0.39, 0.29) is 12.4 Å². The average Bonchev–Trinajstić information content (AvgIpc) is 2.59. The van der Waals surface area contributed by atoms with Crippen LogP contribution in [0.3, 0.4) is 0 Å². The van der Waals surface area contributed by atoms with Gasteiger partial charge in [-0.15, -0.1) is 0 Å². The van der Waals surface area contributed by atoms with Crippen molar-refractivity contribution >= 4 is 5.78 Å². The zero-order chi connectivity index (χ0) is 15.9. The van der Waals surface area contributed by atoms with Gasteiger partial charge < -0.3 is 14.2 Å². The smallest absolute Gasteiger partial charge is 0.200 e. The van der Waals surface area contributed by atoms with Crippen LogP contribution in [0, 0.1) is 11.3 Å². The summed E-state index contributed by atoms with van der Waals surface area (Å²) in [6.07, 6.45) is 0. The lowest BCUT2D eigenvalue weighted by atomic mass is 10.1. The predicted octanol–water partition coefficient (Wildman–Crippen LogP) is 2.84. The van der Waals surface area contributed by atoms with Crippen LogP contribution in [0.25, 0.3) is 0 Å². The number of nitrogens with zero attached hydrogens (tertiary/aromatic N) is 1. The van der Waals surface area contributed by atoms with Gasteiger partial charge in [0.15, 0.2) is 23.9 Å². The quantitative estimate of drug-likeness (QED) is 0.767. The third kappa shape index (κ3) is 3.55. The van der Waals surface area contributed by atoms with Gasteiger partial charge in [0.05, 0.1) is 25.9 Å². The van der Waals surface area contributed by atoms with E-state index >= 15 is 0 Å². The van der Waals surface area contributed by atoms with Gasteiger partial charge >= 0.3 is 0 Å². The van der Waals surface area contributed by atoms with E-state index in [9.17, 15) is 4.79 Å². The molecule has 2 rings (SSSR count). The number of hydrogen-bond donors (Lipinski definition) is 0. The van der Waals surface area contributed by atoms with Crippen molar-refractivity contribution in [3.63, 3.8) is 0 Å². The Bertz CT molecular complexity index is 719. The van der Waals surface area contributed by atoms with Crippen molar-refractivity contribution < 1.29 is 19.0 Å². The van der Waals surface area contributed by atoms with E-state index in [4.69, 9.17) is 19.5 Å². The van der Waals surface area contributed by atoms with Crippen LogP contribution in [-0.2, 0) is 0 Å². The molecule has 0 atom stereocenters. The number of methoxy groups -OCH3 is 2. The maximum Gasteiger partial charge on any atom is 0.200 e. The van der Waals surface area contributed by atoms with Gasteiger partial charge in [-0.3, -0.25) is 4.79 Å². The normalized spacial score (nSPS) is 9.68. The number of Topliss-reactive ketones (excluding diaryl/α,β-unsaturated/α-hetero) is 1. The fraction of sp³-hybridized carbons (Fsp3) is 0.176. The van der Waals surface area contributed by atoms with Crippen LogP contribution in [0.2, 0.25) is 0 Å². The zero-order valence-electron chi connectivity index (χ0n) is 12.3. The van der Waals surface area contributed by atoms with E-state index in [2.05, 4.69) is 0 Å². The summed E-state index contributed by atoms with van der Waals surface area (Å²) in [6.45, 7) is -0.130. The summed E-state index contributed by atoms with van der Waals surface area (Å²) in [5, 5.41) is 8.85. The molecule has 0 unspecified atom stereocenters. The number of rotatable bonds is 6. The summed E-state index contributed by atoms with van der Waals surface area (Å²) >= 11 is 0. The van der Waals surface area contributed by atoms with E-state index in [0.717, 1.165) is 0 Å². The maximum atomic E-state index is 12.1. The summed E-state index contributed by atoms with van der Waals surface area (Å²) in [7, 11) is 3.02. The Balaban J connectivity index is 2.09. The summed E-state index contributed by atoms with van der Waals surface area (Å²) < 4.78 is 15.7. The predicted molar refractivity (Wildman–Crippen MR) is 80.5 cm³/mol. The molecule has 5 heteroatoms. The van der Waals surface area contributed by atoms with Gasteiger partial charge in [-0.1, -0.05) is 12.1 Å². The van der Waals surface area contributed by atoms with Gasteiger partial charge in [-0.05, 0) is 24.3 Å². The molecule has 0 bridgehead atoms. The van der Waals surface area contributed by atoms with Crippen LogP contribution >= 0.6 is 0 Å². The van der Waals surface area contributed by atoms with E-state index in [0.29, 0.717) is 28.4 Å². The molecule has 0 fully saturated rings. The summed E-state index contributed by atoms with van der Waals surface area (Å²) in [4.78, 5) is 12.1. The molecule has 0 aliphatic carbocycles. The molecule has 0 aromatic heterocycles. The minimum absolute atomic E-state index is 0.130. The van der Waals surface area contributed by atoms with Crippen molar-refractivity contribution in [3.8, 4) is 23.3 Å². The Labute approximate surface area is 128 Å². The molecule has 0 N–H and O–H groups in total. The number of benzene rings is 2. The van der Waals surface area contributed by atoms with Crippen LogP contribution in [-0.4, -0.2) is 26.6 Å². The number of ketones is 1. The van der Waals surface area contributed by atoms with Gasteiger partial charge in [-0.2, -0.15) is 5.26 Å². The number of ether oxygens (including phenoxy) is 3. The SMILES string of the molecule is COc1cccc(C(=O)COc2ccc(C#N)cc2OC)c1. The number of hydrogen-bond acceptors (Lipinski definition) is 5. The molecule has 0 aliphatic rings. The van der Waals surface area contributed by atoms with Gasteiger partial charge in [0, 0.05) is 11.6 Å². The van der Waals surface area contributed by atoms with E-state index in [1.165, 1.54) is 7.11 Å². The molecule has 0 aliphatic heterocycles. The third-order valence-electron chi connectivity index (χ3n) is 3.04. The van der Waals surface area contributed by atoms with Crippen molar-refractivity contribution in [2.45, 2.75) is 0 Å². The summed E-state index contributed by atoms with van der Waals surface area (Å²) in [6, 6.07) is 13.7. The van der Waals surface area contributed by atoms with E-state index in [1.54, 1.807) is 49.6 Å². The molecule has 0 saturated heterocycles. The Morgan fingerprint density at radius 3 is 2.59 bits per heavy atom. The first-order chi connectivity index (χ1) is 10.7. The van der Waals surface area contributed by atoms with E-state index in [1.807, 2.05) is 6.07 Å². The number of nitriles is 1. The zero-order valence-corrected chi connectivity index (χ0v) is 12.3. The monoisotopic (exact) mass is 297 g/mol. The van der Waals surface area contributed by atoms with Crippen molar-refractivity contribution in [2.75, 3.05) is 20.8 Å².